The second kappa shape index (κ2) is 7.23. The largest absolute Gasteiger partial charge is 0.487 e. The van der Waals surface area contributed by atoms with Crippen molar-refractivity contribution in [3.05, 3.63) is 66.4 Å². The quantitative estimate of drug-likeness (QED) is 0.663. The van der Waals surface area contributed by atoms with Crippen LogP contribution in [-0.4, -0.2) is 19.2 Å². The van der Waals surface area contributed by atoms with Crippen LogP contribution in [0.25, 0.3) is 10.9 Å². The molecule has 1 aromatic heterocycles. The smallest absolute Gasteiger partial charge is 0.179 e. The number of pyridine rings is 1. The van der Waals surface area contributed by atoms with E-state index in [0.29, 0.717) is 28.2 Å². The molecule has 0 saturated heterocycles. The number of ether oxygens (including phenoxy) is 1. The lowest BCUT2D eigenvalue weighted by atomic mass is 10.2. The minimum absolute atomic E-state index is 0.0609. The fourth-order valence-electron chi connectivity index (χ4n) is 2.77. The lowest BCUT2D eigenvalue weighted by Gasteiger charge is -2.13. The maximum Gasteiger partial charge on any atom is 0.179 e. The van der Waals surface area contributed by atoms with Crippen molar-refractivity contribution in [1.82, 2.24) is 4.98 Å². The number of sulfone groups is 1. The Hall–Kier alpha value is -2.40. The highest BCUT2D eigenvalue weighted by Gasteiger charge is 2.21. The third-order valence-corrected chi connectivity index (χ3v) is 5.95. The standard InChI is InChI=1S/C20H21NO3S/c1-15(2)14-25(22,23)19-11-10-18(20-17(19)9-6-12-21-20)24-13-16-7-4-3-5-8-16/h3-12,15H,13-14H2,1-2H3. The van der Waals surface area contributed by atoms with E-state index in [4.69, 9.17) is 4.74 Å². The number of fused-ring (bicyclic) bond motifs is 1. The number of benzene rings is 2. The van der Waals surface area contributed by atoms with Gasteiger partial charge in [-0.25, -0.2) is 8.42 Å². The van der Waals surface area contributed by atoms with Crippen LogP contribution in [0.3, 0.4) is 0 Å². The maximum atomic E-state index is 12.7. The molecule has 0 amide bonds. The topological polar surface area (TPSA) is 56.3 Å². The summed E-state index contributed by atoms with van der Waals surface area (Å²) in [6.07, 6.45) is 1.65. The third kappa shape index (κ3) is 3.99. The highest BCUT2D eigenvalue weighted by atomic mass is 32.2. The van der Waals surface area contributed by atoms with Gasteiger partial charge >= 0.3 is 0 Å². The Kier molecular flexibility index (Phi) is 5.04. The van der Waals surface area contributed by atoms with E-state index in [-0.39, 0.29) is 11.7 Å². The Morgan fingerprint density at radius 1 is 1.00 bits per heavy atom. The first kappa shape index (κ1) is 17.4. The van der Waals surface area contributed by atoms with Crippen molar-refractivity contribution in [3.8, 4) is 5.75 Å². The molecule has 0 atom stereocenters. The highest BCUT2D eigenvalue weighted by molar-refractivity contribution is 7.91. The van der Waals surface area contributed by atoms with Gasteiger partial charge in [0.15, 0.2) is 9.84 Å². The zero-order valence-electron chi connectivity index (χ0n) is 14.3. The molecule has 0 spiro atoms. The minimum Gasteiger partial charge on any atom is -0.487 e. The molecular weight excluding hydrogens is 334 g/mol. The Morgan fingerprint density at radius 2 is 1.76 bits per heavy atom. The van der Waals surface area contributed by atoms with E-state index in [9.17, 15) is 8.42 Å². The van der Waals surface area contributed by atoms with Crippen molar-refractivity contribution in [1.29, 1.82) is 0 Å². The fourth-order valence-corrected chi connectivity index (χ4v) is 4.60. The summed E-state index contributed by atoms with van der Waals surface area (Å²) in [5, 5.41) is 0.605. The van der Waals surface area contributed by atoms with E-state index < -0.39 is 9.84 Å². The van der Waals surface area contributed by atoms with E-state index >= 15 is 0 Å². The van der Waals surface area contributed by atoms with Crippen LogP contribution in [0.2, 0.25) is 0 Å². The Labute approximate surface area is 148 Å². The summed E-state index contributed by atoms with van der Waals surface area (Å²) in [7, 11) is -3.37. The summed E-state index contributed by atoms with van der Waals surface area (Å²) in [6, 6.07) is 16.7. The zero-order valence-corrected chi connectivity index (χ0v) is 15.2. The lowest BCUT2D eigenvalue weighted by Crippen LogP contribution is -2.12. The molecule has 0 unspecified atom stereocenters. The molecule has 0 fully saturated rings. The van der Waals surface area contributed by atoms with E-state index in [1.54, 1.807) is 30.5 Å². The molecule has 0 bridgehead atoms. The summed E-state index contributed by atoms with van der Waals surface area (Å²) in [6.45, 7) is 4.20. The third-order valence-electron chi connectivity index (χ3n) is 3.82. The van der Waals surface area contributed by atoms with Crippen LogP contribution in [0, 0.1) is 5.92 Å². The normalized spacial score (nSPS) is 11.8. The van der Waals surface area contributed by atoms with Crippen molar-refractivity contribution >= 4 is 20.7 Å². The first-order chi connectivity index (χ1) is 12.0. The molecule has 4 nitrogen and oxygen atoms in total. The molecule has 0 aliphatic rings. The van der Waals surface area contributed by atoms with Crippen LogP contribution in [-0.2, 0) is 16.4 Å². The maximum absolute atomic E-state index is 12.7. The molecule has 1 heterocycles. The average molecular weight is 355 g/mol. The summed E-state index contributed by atoms with van der Waals surface area (Å²) in [5.41, 5.74) is 1.62. The van der Waals surface area contributed by atoms with Crippen LogP contribution in [0.15, 0.2) is 65.7 Å². The van der Waals surface area contributed by atoms with Gasteiger partial charge in [0.1, 0.15) is 17.9 Å². The van der Waals surface area contributed by atoms with Crippen molar-refractivity contribution in [2.24, 2.45) is 5.92 Å². The molecule has 3 rings (SSSR count). The van der Waals surface area contributed by atoms with Crippen molar-refractivity contribution < 1.29 is 13.2 Å². The average Bonchev–Trinajstić information content (AvgIpc) is 2.59. The van der Waals surface area contributed by atoms with Crippen molar-refractivity contribution in [2.75, 3.05) is 5.75 Å². The Balaban J connectivity index is 1.99. The van der Waals surface area contributed by atoms with E-state index in [1.807, 2.05) is 44.2 Å². The van der Waals surface area contributed by atoms with Gasteiger partial charge in [-0.1, -0.05) is 44.2 Å². The molecule has 0 aliphatic heterocycles. The van der Waals surface area contributed by atoms with Gasteiger partial charge in [-0.05, 0) is 35.7 Å². The Bertz CT molecular complexity index is 967. The molecule has 2 aromatic carbocycles. The SMILES string of the molecule is CC(C)CS(=O)(=O)c1ccc(OCc2ccccc2)c2ncccc12. The molecule has 130 valence electrons. The molecule has 0 N–H and O–H groups in total. The minimum atomic E-state index is -3.37. The van der Waals surface area contributed by atoms with Crippen molar-refractivity contribution in [3.63, 3.8) is 0 Å². The molecule has 25 heavy (non-hydrogen) atoms. The second-order valence-corrected chi connectivity index (χ2v) is 8.41. The predicted molar refractivity (Wildman–Crippen MR) is 99.4 cm³/mol. The Morgan fingerprint density at radius 3 is 2.48 bits per heavy atom. The van der Waals surface area contributed by atoms with Gasteiger partial charge in [-0.2, -0.15) is 0 Å². The number of hydrogen-bond donors (Lipinski definition) is 0. The molecular formula is C20H21NO3S. The van der Waals surface area contributed by atoms with Gasteiger partial charge in [0.25, 0.3) is 0 Å². The second-order valence-electron chi connectivity index (χ2n) is 6.41. The van der Waals surface area contributed by atoms with Crippen LogP contribution in [0.4, 0.5) is 0 Å². The summed E-state index contributed by atoms with van der Waals surface area (Å²) >= 11 is 0. The van der Waals surface area contributed by atoms with Gasteiger partial charge in [0, 0.05) is 11.6 Å². The molecule has 3 aromatic rings. The summed E-state index contributed by atoms with van der Waals surface area (Å²) in [5.74, 6) is 0.759. The fraction of sp³-hybridized carbons (Fsp3) is 0.250. The van der Waals surface area contributed by atoms with Gasteiger partial charge in [0.05, 0.1) is 10.6 Å². The van der Waals surface area contributed by atoms with Gasteiger partial charge in [0.2, 0.25) is 0 Å². The number of nitrogens with zero attached hydrogens (tertiary/aromatic N) is 1. The summed E-state index contributed by atoms with van der Waals surface area (Å²) in [4.78, 5) is 4.67. The lowest BCUT2D eigenvalue weighted by molar-refractivity contribution is 0.309. The highest BCUT2D eigenvalue weighted by Crippen LogP contribution is 2.31. The number of aromatic nitrogens is 1. The molecule has 0 aliphatic carbocycles. The van der Waals surface area contributed by atoms with Gasteiger partial charge in [-0.15, -0.1) is 0 Å². The van der Waals surface area contributed by atoms with Gasteiger partial charge in [-0.3, -0.25) is 4.98 Å². The molecule has 0 radical (unpaired) electrons. The van der Waals surface area contributed by atoms with E-state index in [1.165, 1.54) is 0 Å². The molecule has 5 heteroatoms. The number of hydrogen-bond acceptors (Lipinski definition) is 4. The first-order valence-electron chi connectivity index (χ1n) is 8.24. The van der Waals surface area contributed by atoms with Crippen LogP contribution in [0.1, 0.15) is 19.4 Å². The van der Waals surface area contributed by atoms with Gasteiger partial charge < -0.3 is 4.74 Å². The van der Waals surface area contributed by atoms with Crippen LogP contribution >= 0.6 is 0 Å². The van der Waals surface area contributed by atoms with E-state index in [2.05, 4.69) is 4.98 Å². The molecule has 0 saturated carbocycles. The van der Waals surface area contributed by atoms with Crippen molar-refractivity contribution in [2.45, 2.75) is 25.3 Å². The van der Waals surface area contributed by atoms with Crippen LogP contribution in [0.5, 0.6) is 5.75 Å². The zero-order chi connectivity index (χ0) is 17.9. The predicted octanol–water partition coefficient (Wildman–Crippen LogP) is 4.24. The summed E-state index contributed by atoms with van der Waals surface area (Å²) < 4.78 is 31.3. The first-order valence-corrected chi connectivity index (χ1v) is 9.90. The monoisotopic (exact) mass is 355 g/mol. The van der Waals surface area contributed by atoms with Crippen LogP contribution < -0.4 is 4.74 Å². The number of rotatable bonds is 6. The van der Waals surface area contributed by atoms with E-state index in [0.717, 1.165) is 5.56 Å².